The van der Waals surface area contributed by atoms with Crippen LogP contribution in [-0.2, 0) is 16.0 Å². The van der Waals surface area contributed by atoms with Crippen LogP contribution in [-0.4, -0.2) is 55.9 Å². The molecule has 0 unspecified atom stereocenters. The van der Waals surface area contributed by atoms with Crippen LogP contribution < -0.4 is 11.1 Å². The maximum Gasteiger partial charge on any atom is 0.254 e. The number of hydrogen-bond donors (Lipinski definition) is 2. The van der Waals surface area contributed by atoms with Crippen LogP contribution in [0.25, 0.3) is 5.78 Å². The second-order valence-corrected chi connectivity index (χ2v) is 7.31. The number of aryl methyl sites for hydroxylation is 2. The number of nitrogens with two attached hydrogens (primary N) is 1. The Labute approximate surface area is 158 Å². The van der Waals surface area contributed by atoms with E-state index in [2.05, 4.69) is 27.3 Å². The molecule has 2 aromatic rings. The number of nitrogens with one attached hydrogen (secondary N) is 1. The van der Waals surface area contributed by atoms with Crippen LogP contribution in [0, 0.1) is 19.8 Å². The lowest BCUT2D eigenvalue weighted by molar-refractivity contribution is -0.132. The minimum atomic E-state index is -0.143. The van der Waals surface area contributed by atoms with Crippen molar-refractivity contribution in [1.82, 2.24) is 29.8 Å². The third kappa shape index (κ3) is 4.35. The summed E-state index contributed by atoms with van der Waals surface area (Å²) in [7, 11) is 0. The lowest BCUT2D eigenvalue weighted by Crippen LogP contribution is -2.40. The number of fused-ring (bicyclic) bond motifs is 1. The molecule has 2 aromatic heterocycles. The molecule has 1 aliphatic rings. The van der Waals surface area contributed by atoms with E-state index in [-0.39, 0.29) is 24.2 Å². The number of rotatable bonds is 5. The smallest absolute Gasteiger partial charge is 0.254 e. The van der Waals surface area contributed by atoms with Crippen LogP contribution in [0.2, 0.25) is 0 Å². The number of carbonyl (C=O) groups excluding carboxylic acids is 2. The van der Waals surface area contributed by atoms with Gasteiger partial charge in [-0.25, -0.2) is 4.98 Å². The Kier molecular flexibility index (Phi) is 5.57. The van der Waals surface area contributed by atoms with Gasteiger partial charge in [0.05, 0.1) is 6.42 Å². The third-order valence-corrected chi connectivity index (χ3v) is 5.07. The van der Waals surface area contributed by atoms with Gasteiger partial charge in [-0.15, -0.1) is 5.10 Å². The van der Waals surface area contributed by atoms with E-state index >= 15 is 0 Å². The van der Waals surface area contributed by atoms with Crippen molar-refractivity contribution in [3.05, 3.63) is 17.0 Å². The van der Waals surface area contributed by atoms with E-state index in [9.17, 15) is 9.59 Å². The van der Waals surface area contributed by atoms with Gasteiger partial charge in [0.15, 0.2) is 0 Å². The van der Waals surface area contributed by atoms with Crippen molar-refractivity contribution in [1.29, 1.82) is 0 Å². The molecule has 3 N–H and O–H groups in total. The summed E-state index contributed by atoms with van der Waals surface area (Å²) in [5.74, 6) is 1.09. The molecule has 0 aliphatic carbocycles. The Hall–Kier alpha value is -2.71. The number of carbonyl (C=O) groups is 2. The highest BCUT2D eigenvalue weighted by atomic mass is 16.2. The van der Waals surface area contributed by atoms with E-state index in [0.717, 1.165) is 36.5 Å². The second kappa shape index (κ2) is 7.89. The second-order valence-electron chi connectivity index (χ2n) is 7.31. The molecule has 1 fully saturated rings. The zero-order chi connectivity index (χ0) is 19.6. The number of anilines is 1. The van der Waals surface area contributed by atoms with Gasteiger partial charge in [-0.1, -0.05) is 6.92 Å². The number of aromatic nitrogens is 4. The molecule has 3 heterocycles. The number of piperidine rings is 1. The number of amides is 2. The van der Waals surface area contributed by atoms with Gasteiger partial charge in [0.1, 0.15) is 0 Å². The molecule has 0 saturated carbocycles. The molecular formula is C18H27N7O2. The molecule has 0 radical (unpaired) electrons. The average Bonchev–Trinajstić information content (AvgIpc) is 2.99. The largest absolute Gasteiger partial charge is 0.366 e. The summed E-state index contributed by atoms with van der Waals surface area (Å²) in [5, 5.41) is 6.94. The summed E-state index contributed by atoms with van der Waals surface area (Å²) >= 11 is 0. The number of nitrogens with zero attached hydrogens (tertiary/aromatic N) is 5. The molecule has 3 rings (SSSR count). The lowest BCUT2D eigenvalue weighted by Gasteiger charge is -2.31. The molecule has 1 atom stereocenters. The fourth-order valence-corrected chi connectivity index (χ4v) is 3.59. The first-order chi connectivity index (χ1) is 12.8. The zero-order valence-electron chi connectivity index (χ0n) is 16.2. The molecule has 146 valence electrons. The molecular weight excluding hydrogens is 346 g/mol. The van der Waals surface area contributed by atoms with Gasteiger partial charge in [-0.05, 0) is 32.6 Å². The van der Waals surface area contributed by atoms with Gasteiger partial charge >= 0.3 is 0 Å². The molecule has 27 heavy (non-hydrogen) atoms. The minimum absolute atomic E-state index is 0.107. The molecule has 1 saturated heterocycles. The van der Waals surface area contributed by atoms with Gasteiger partial charge in [-0.3, -0.25) is 9.59 Å². The summed E-state index contributed by atoms with van der Waals surface area (Å²) in [6.45, 7) is 7.84. The summed E-state index contributed by atoms with van der Waals surface area (Å²) in [4.78, 5) is 34.9. The average molecular weight is 373 g/mol. The first-order valence-electron chi connectivity index (χ1n) is 9.38. The molecule has 1 aliphatic heterocycles. The fourth-order valence-electron chi connectivity index (χ4n) is 3.59. The van der Waals surface area contributed by atoms with Crippen LogP contribution in [0.4, 0.5) is 5.95 Å². The predicted octanol–water partition coefficient (Wildman–Crippen LogP) is 0.631. The van der Waals surface area contributed by atoms with E-state index in [1.165, 1.54) is 6.42 Å². The summed E-state index contributed by atoms with van der Waals surface area (Å²) < 4.78 is 1.55. The Balaban J connectivity index is 1.55. The number of hydrogen-bond acceptors (Lipinski definition) is 6. The van der Waals surface area contributed by atoms with Crippen molar-refractivity contribution in [3.8, 4) is 0 Å². The van der Waals surface area contributed by atoms with Gasteiger partial charge in [0, 0.05) is 43.0 Å². The monoisotopic (exact) mass is 373 g/mol. The first-order valence-corrected chi connectivity index (χ1v) is 9.38. The lowest BCUT2D eigenvalue weighted by atomic mass is 10.00. The van der Waals surface area contributed by atoms with Crippen LogP contribution in [0.3, 0.4) is 0 Å². The van der Waals surface area contributed by atoms with E-state index in [1.807, 2.05) is 18.7 Å². The van der Waals surface area contributed by atoms with Crippen molar-refractivity contribution < 1.29 is 9.59 Å². The van der Waals surface area contributed by atoms with E-state index in [4.69, 9.17) is 5.73 Å². The predicted molar refractivity (Wildman–Crippen MR) is 101 cm³/mol. The van der Waals surface area contributed by atoms with Crippen molar-refractivity contribution in [3.63, 3.8) is 0 Å². The van der Waals surface area contributed by atoms with Crippen LogP contribution in [0.15, 0.2) is 0 Å². The van der Waals surface area contributed by atoms with Gasteiger partial charge in [0.2, 0.25) is 17.8 Å². The maximum atomic E-state index is 12.3. The first kappa shape index (κ1) is 19.1. The summed E-state index contributed by atoms with van der Waals surface area (Å²) in [5.41, 5.74) is 7.93. The number of likely N-dealkylation sites (tertiary alicyclic amines) is 1. The molecule has 0 bridgehead atoms. The highest BCUT2D eigenvalue weighted by molar-refractivity contribution is 5.81. The van der Waals surface area contributed by atoms with E-state index < -0.39 is 0 Å². The summed E-state index contributed by atoms with van der Waals surface area (Å²) in [6.07, 6.45) is 2.73. The molecule has 2 amide bonds. The van der Waals surface area contributed by atoms with Crippen molar-refractivity contribution in [2.75, 3.05) is 25.4 Å². The van der Waals surface area contributed by atoms with Crippen LogP contribution in [0.5, 0.6) is 0 Å². The molecule has 9 nitrogen and oxygen atoms in total. The van der Waals surface area contributed by atoms with Gasteiger partial charge < -0.3 is 16.0 Å². The van der Waals surface area contributed by atoms with Crippen molar-refractivity contribution in [2.45, 2.75) is 46.5 Å². The van der Waals surface area contributed by atoms with Gasteiger partial charge in [0.25, 0.3) is 5.78 Å². The van der Waals surface area contributed by atoms with E-state index in [0.29, 0.717) is 24.7 Å². The van der Waals surface area contributed by atoms with E-state index in [1.54, 1.807) is 4.52 Å². The Morgan fingerprint density at radius 1 is 1.30 bits per heavy atom. The third-order valence-electron chi connectivity index (χ3n) is 5.07. The van der Waals surface area contributed by atoms with Crippen LogP contribution in [0.1, 0.15) is 43.1 Å². The van der Waals surface area contributed by atoms with Crippen molar-refractivity contribution in [2.24, 2.45) is 5.92 Å². The Morgan fingerprint density at radius 3 is 2.81 bits per heavy atom. The molecule has 9 heteroatoms. The standard InChI is InChI=1S/C18H27N7O2/c1-11-5-4-8-24(10-11)16(27)6-7-20-15(26)9-14-12(2)21-18-22-17(19)23-25(18)13(14)3/h11H,4-10H2,1-3H3,(H2,19,23)(H,20,26)/t11-/m1/s1. The molecule has 0 spiro atoms. The zero-order valence-corrected chi connectivity index (χ0v) is 16.2. The Morgan fingerprint density at radius 2 is 2.07 bits per heavy atom. The minimum Gasteiger partial charge on any atom is -0.366 e. The topological polar surface area (TPSA) is 119 Å². The van der Waals surface area contributed by atoms with Crippen LogP contribution >= 0.6 is 0 Å². The summed E-state index contributed by atoms with van der Waals surface area (Å²) in [6, 6.07) is 0. The maximum absolute atomic E-state index is 12.3. The number of nitrogen functional groups attached to an aromatic ring is 1. The van der Waals surface area contributed by atoms with Crippen molar-refractivity contribution >= 4 is 23.5 Å². The van der Waals surface area contributed by atoms with Gasteiger partial charge in [-0.2, -0.15) is 9.50 Å². The quantitative estimate of drug-likeness (QED) is 0.793. The highest BCUT2D eigenvalue weighted by Gasteiger charge is 2.21. The molecule has 0 aromatic carbocycles. The normalized spacial score (nSPS) is 17.3. The SMILES string of the molecule is Cc1nc2nc(N)nn2c(C)c1CC(=O)NCCC(=O)N1CCC[C@@H](C)C1. The Bertz CT molecular complexity index is 861. The highest BCUT2D eigenvalue weighted by Crippen LogP contribution is 2.16. The fraction of sp³-hybridized carbons (Fsp3) is 0.611.